The van der Waals surface area contributed by atoms with E-state index in [0.29, 0.717) is 0 Å². The fraction of sp³-hybridized carbons (Fsp3) is 0.263. The second-order valence-electron chi connectivity index (χ2n) is 6.13. The Morgan fingerprint density at radius 2 is 1.08 bits per heavy atom. The van der Waals surface area contributed by atoms with Crippen molar-refractivity contribution in [3.63, 3.8) is 0 Å². The Labute approximate surface area is 161 Å². The maximum Gasteiger partial charge on any atom is 0.106 e. The van der Waals surface area contributed by atoms with Gasteiger partial charge in [0.05, 0.1) is 0 Å². The van der Waals surface area contributed by atoms with Crippen LogP contribution < -0.4 is 10.6 Å². The van der Waals surface area contributed by atoms with E-state index in [1.165, 1.54) is 22.8 Å². The van der Waals surface area contributed by atoms with E-state index < -0.39 is 8.07 Å². The van der Waals surface area contributed by atoms with Crippen LogP contribution in [0, 0.1) is 0 Å². The van der Waals surface area contributed by atoms with Crippen molar-refractivity contribution < 1.29 is 29.1 Å². The van der Waals surface area contributed by atoms with Crippen molar-refractivity contribution in [2.75, 3.05) is 6.16 Å². The molecule has 0 unspecified atom stereocenters. The van der Waals surface area contributed by atoms with Crippen LogP contribution in [0.2, 0.25) is 25.7 Å². The maximum atomic E-state index is 8.00. The van der Waals surface area contributed by atoms with Crippen LogP contribution in [-0.4, -0.2) is 27.8 Å². The normalized spacial score (nSPS) is 9.67. The molecule has 0 atom stereocenters. The number of hydrogen-bond acceptors (Lipinski definition) is 2. The molecule has 5 heteroatoms. The van der Waals surface area contributed by atoms with E-state index in [1.54, 1.807) is 0 Å². The topological polar surface area (TPSA) is 34.1 Å². The van der Waals surface area contributed by atoms with E-state index in [-0.39, 0.29) is 27.4 Å². The van der Waals surface area contributed by atoms with Gasteiger partial charge in [-0.05, 0) is 24.7 Å². The smallest absolute Gasteiger partial charge is 0.106 e. The second kappa shape index (κ2) is 14.4. The first kappa shape index (κ1) is 25.3. The van der Waals surface area contributed by atoms with Gasteiger partial charge in [-0.1, -0.05) is 86.3 Å². The van der Waals surface area contributed by atoms with Gasteiger partial charge < -0.3 is 9.59 Å². The molecule has 0 bridgehead atoms. The van der Waals surface area contributed by atoms with Gasteiger partial charge in [-0.25, -0.2) is 0 Å². The zero-order valence-corrected chi connectivity index (χ0v) is 18.2. The zero-order chi connectivity index (χ0) is 17.7. The summed E-state index contributed by atoms with van der Waals surface area (Å²) in [6.45, 7) is 11.4. The third kappa shape index (κ3) is 10.0. The Bertz CT molecular complexity index is 491. The molecule has 0 N–H and O–H groups in total. The molecule has 0 heterocycles. The molecular weight excluding hydrogens is 422 g/mol. The molecule has 0 amide bonds. The fourth-order valence-corrected chi connectivity index (χ4v) is 7.53. The third-order valence-corrected chi connectivity index (χ3v) is 7.91. The van der Waals surface area contributed by atoms with Gasteiger partial charge in [0.1, 0.15) is 13.6 Å². The first-order chi connectivity index (χ1) is 11.1. The average molecular weight is 449 g/mol. The molecule has 0 spiro atoms. The van der Waals surface area contributed by atoms with Crippen molar-refractivity contribution >= 4 is 40.2 Å². The van der Waals surface area contributed by atoms with Gasteiger partial charge >= 0.3 is 0 Å². The Morgan fingerprint density at radius 1 is 0.750 bits per heavy atom. The average Bonchev–Trinajstić information content (AvgIpc) is 2.60. The van der Waals surface area contributed by atoms with E-state index in [2.05, 4.69) is 80.3 Å². The summed E-state index contributed by atoms with van der Waals surface area (Å²) in [7, 11) is -1.15. The molecule has 2 nitrogen and oxygen atoms in total. The summed E-state index contributed by atoms with van der Waals surface area (Å²) in [5.41, 5.74) is 0. The van der Waals surface area contributed by atoms with Crippen molar-refractivity contribution in [3.8, 4) is 0 Å². The van der Waals surface area contributed by atoms with Gasteiger partial charge in [0, 0.05) is 27.6 Å². The summed E-state index contributed by atoms with van der Waals surface area (Å²) < 4.78 is 0. The van der Waals surface area contributed by atoms with E-state index in [1.807, 2.05) is 13.6 Å². The van der Waals surface area contributed by atoms with Crippen LogP contribution >= 0.6 is 7.92 Å². The Kier molecular flexibility index (Phi) is 15.2. The quantitative estimate of drug-likeness (QED) is 0.509. The molecule has 0 fully saturated rings. The van der Waals surface area contributed by atoms with Crippen LogP contribution in [-0.2, 0) is 29.1 Å². The molecule has 2 aromatic rings. The number of hydrogen-bond donors (Lipinski definition) is 0. The molecule has 2 rings (SSSR count). The standard InChI is InChI=1S/C17H23PSi.2CH2O.Rh/c1-19(2,3)15-14-18(16-10-6-4-7-11-16)17-12-8-5-9-13-17;2*1-2;/h4-13H,14-15H2,1-3H3;2*1H2;. The Morgan fingerprint density at radius 3 is 1.38 bits per heavy atom. The number of rotatable bonds is 5. The molecule has 0 aliphatic carbocycles. The first-order valence-electron chi connectivity index (χ1n) is 7.52. The summed E-state index contributed by atoms with van der Waals surface area (Å²) in [5.74, 6) is 0. The van der Waals surface area contributed by atoms with Crippen molar-refractivity contribution in [3.05, 3.63) is 60.7 Å². The Hall–Kier alpha value is -0.950. The van der Waals surface area contributed by atoms with Gasteiger partial charge in [0.15, 0.2) is 0 Å². The first-order valence-corrected chi connectivity index (χ1v) is 12.7. The molecule has 0 aromatic heterocycles. The van der Waals surface area contributed by atoms with Gasteiger partial charge in [-0.3, -0.25) is 0 Å². The van der Waals surface area contributed by atoms with Crippen molar-refractivity contribution in [1.29, 1.82) is 0 Å². The molecule has 24 heavy (non-hydrogen) atoms. The van der Waals surface area contributed by atoms with Crippen LogP contribution in [0.1, 0.15) is 0 Å². The number of benzene rings is 2. The second-order valence-corrected chi connectivity index (χ2v) is 14.1. The van der Waals surface area contributed by atoms with Crippen LogP contribution in [0.4, 0.5) is 0 Å². The molecule has 1 radical (unpaired) electrons. The molecule has 0 aliphatic rings. The van der Waals surface area contributed by atoms with Crippen LogP contribution in [0.25, 0.3) is 0 Å². The number of carbonyl (C=O) groups excluding carboxylic acids is 2. The van der Waals surface area contributed by atoms with E-state index in [9.17, 15) is 0 Å². The van der Waals surface area contributed by atoms with E-state index >= 15 is 0 Å². The van der Waals surface area contributed by atoms with Gasteiger partial charge in [-0.2, -0.15) is 0 Å². The molecule has 2 aromatic carbocycles. The minimum absolute atomic E-state index is 0. The maximum absolute atomic E-state index is 8.00. The van der Waals surface area contributed by atoms with Gasteiger partial charge in [-0.15, -0.1) is 0 Å². The van der Waals surface area contributed by atoms with Crippen LogP contribution in [0.3, 0.4) is 0 Å². The van der Waals surface area contributed by atoms with Crippen molar-refractivity contribution in [2.45, 2.75) is 25.7 Å². The predicted octanol–water partition coefficient (Wildman–Crippen LogP) is 4.09. The van der Waals surface area contributed by atoms with Gasteiger partial charge in [0.25, 0.3) is 0 Å². The van der Waals surface area contributed by atoms with E-state index in [0.717, 1.165) is 0 Å². The molecular formula is C19H27O2PRhSi. The largest absolute Gasteiger partial charge is 0.307 e. The predicted molar refractivity (Wildman–Crippen MR) is 106 cm³/mol. The van der Waals surface area contributed by atoms with Crippen LogP contribution in [0.5, 0.6) is 0 Å². The third-order valence-electron chi connectivity index (χ3n) is 3.22. The molecule has 133 valence electrons. The van der Waals surface area contributed by atoms with Crippen LogP contribution in [0.15, 0.2) is 60.7 Å². The minimum Gasteiger partial charge on any atom is -0.307 e. The zero-order valence-electron chi connectivity index (χ0n) is 14.7. The van der Waals surface area contributed by atoms with Crippen molar-refractivity contribution in [2.24, 2.45) is 0 Å². The van der Waals surface area contributed by atoms with Gasteiger partial charge in [0.2, 0.25) is 0 Å². The number of carbonyl (C=O) groups is 2. The monoisotopic (exact) mass is 449 g/mol. The van der Waals surface area contributed by atoms with E-state index in [4.69, 9.17) is 9.59 Å². The molecule has 0 saturated heterocycles. The summed E-state index contributed by atoms with van der Waals surface area (Å²) in [5, 5.41) is 3.03. The SMILES string of the molecule is C=O.C=O.C[Si](C)(C)CCP(c1ccccc1)c1ccccc1.[Rh]. The molecule has 0 aliphatic heterocycles. The summed E-state index contributed by atoms with van der Waals surface area (Å²) in [6.07, 6.45) is 1.33. The minimum atomic E-state index is -0.970. The fourth-order valence-electron chi connectivity index (χ4n) is 2.07. The Balaban J connectivity index is 0. The summed E-state index contributed by atoms with van der Waals surface area (Å²) >= 11 is 0. The summed E-state index contributed by atoms with van der Waals surface area (Å²) in [4.78, 5) is 16.0. The summed E-state index contributed by atoms with van der Waals surface area (Å²) in [6, 6.07) is 23.5. The molecule has 0 saturated carbocycles. The van der Waals surface area contributed by atoms with Crippen molar-refractivity contribution in [1.82, 2.24) is 0 Å².